The summed E-state index contributed by atoms with van der Waals surface area (Å²) in [6, 6.07) is 11.2. The van der Waals surface area contributed by atoms with Crippen LogP contribution in [0.2, 0.25) is 0 Å². The Labute approximate surface area is 138 Å². The maximum atomic E-state index is 12.7. The van der Waals surface area contributed by atoms with E-state index in [0.717, 1.165) is 21.5 Å². The molecule has 0 amide bonds. The van der Waals surface area contributed by atoms with Crippen LogP contribution in [-0.4, -0.2) is 22.8 Å². The van der Waals surface area contributed by atoms with E-state index in [-0.39, 0.29) is 5.78 Å². The van der Waals surface area contributed by atoms with Crippen molar-refractivity contribution in [3.05, 3.63) is 57.4 Å². The highest BCUT2D eigenvalue weighted by molar-refractivity contribution is 7.13. The van der Waals surface area contributed by atoms with Gasteiger partial charge >= 0.3 is 5.97 Å². The average molecular weight is 327 g/mol. The lowest BCUT2D eigenvalue weighted by molar-refractivity contribution is 0.0324. The summed E-state index contributed by atoms with van der Waals surface area (Å²) in [5.41, 5.74) is 2.27. The average Bonchev–Trinajstić information content (AvgIpc) is 3.09. The summed E-state index contributed by atoms with van der Waals surface area (Å²) in [5, 5.41) is 0.852. The van der Waals surface area contributed by atoms with Gasteiger partial charge in [0.2, 0.25) is 5.78 Å². The van der Waals surface area contributed by atoms with Gasteiger partial charge in [-0.25, -0.2) is 4.79 Å². The van der Waals surface area contributed by atoms with Crippen molar-refractivity contribution in [2.45, 2.75) is 26.9 Å². The van der Waals surface area contributed by atoms with E-state index < -0.39 is 12.1 Å². The molecule has 1 aromatic carbocycles. The van der Waals surface area contributed by atoms with Crippen molar-refractivity contribution in [2.75, 3.05) is 0 Å². The first-order valence-electron chi connectivity index (χ1n) is 7.36. The molecule has 3 rings (SSSR count). The Hall–Kier alpha value is -2.40. The minimum Gasteiger partial charge on any atom is -0.450 e. The lowest BCUT2D eigenvalue weighted by Crippen LogP contribution is -2.24. The normalized spacial score (nSPS) is 12.3. The molecule has 118 valence electrons. The largest absolute Gasteiger partial charge is 0.450 e. The number of Topliss-reactive ketones (excluding diaryl/α,β-unsaturated/α-hetero) is 1. The van der Waals surface area contributed by atoms with E-state index in [0.29, 0.717) is 10.4 Å². The second-order valence-corrected chi connectivity index (χ2v) is 6.78. The monoisotopic (exact) mass is 327 g/mol. The number of ether oxygens (including phenoxy) is 1. The second-order valence-electron chi connectivity index (χ2n) is 5.49. The van der Waals surface area contributed by atoms with E-state index in [1.54, 1.807) is 13.0 Å². The highest BCUT2D eigenvalue weighted by Gasteiger charge is 2.25. The molecule has 0 radical (unpaired) electrons. The molecule has 23 heavy (non-hydrogen) atoms. The van der Waals surface area contributed by atoms with Crippen LogP contribution in [0.15, 0.2) is 36.4 Å². The first-order valence-corrected chi connectivity index (χ1v) is 8.18. The predicted octanol–water partition coefficient (Wildman–Crippen LogP) is 4.27. The van der Waals surface area contributed by atoms with Gasteiger partial charge in [-0.15, -0.1) is 11.3 Å². The number of aromatic nitrogens is 1. The van der Waals surface area contributed by atoms with Gasteiger partial charge in [-0.3, -0.25) is 4.79 Å². The highest BCUT2D eigenvalue weighted by atomic mass is 32.1. The third kappa shape index (κ3) is 2.92. The Morgan fingerprint density at radius 1 is 1.13 bits per heavy atom. The predicted molar refractivity (Wildman–Crippen MR) is 91.3 cm³/mol. The van der Waals surface area contributed by atoms with E-state index in [1.165, 1.54) is 11.3 Å². The number of fused-ring (bicyclic) bond motifs is 1. The molecule has 2 heterocycles. The van der Waals surface area contributed by atoms with Crippen LogP contribution in [0.1, 0.15) is 37.5 Å². The summed E-state index contributed by atoms with van der Waals surface area (Å²) in [4.78, 5) is 29.6. The van der Waals surface area contributed by atoms with Gasteiger partial charge < -0.3 is 9.72 Å². The molecule has 0 aliphatic rings. The molecule has 0 aliphatic heterocycles. The Morgan fingerprint density at radius 3 is 2.57 bits per heavy atom. The smallest absolute Gasteiger partial charge is 0.349 e. The number of thiophene rings is 1. The van der Waals surface area contributed by atoms with Crippen LogP contribution in [0.5, 0.6) is 0 Å². The molecule has 0 aliphatic carbocycles. The standard InChI is InChI=1S/C18H17NO3S/c1-10-8-9-15(23-10)18(21)22-12(3)17(20)16-11(2)19-14-7-5-4-6-13(14)16/h4-9,12,19H,1-3H3. The molecule has 0 saturated carbocycles. The van der Waals surface area contributed by atoms with Crippen LogP contribution < -0.4 is 0 Å². The van der Waals surface area contributed by atoms with Gasteiger partial charge in [-0.2, -0.15) is 0 Å². The Morgan fingerprint density at radius 2 is 1.87 bits per heavy atom. The van der Waals surface area contributed by atoms with Crippen LogP contribution in [-0.2, 0) is 4.74 Å². The fourth-order valence-corrected chi connectivity index (χ4v) is 3.36. The van der Waals surface area contributed by atoms with Gasteiger partial charge in [0.25, 0.3) is 0 Å². The van der Waals surface area contributed by atoms with Gasteiger partial charge in [0.1, 0.15) is 4.88 Å². The van der Waals surface area contributed by atoms with Crippen molar-refractivity contribution in [2.24, 2.45) is 0 Å². The van der Waals surface area contributed by atoms with Gasteiger partial charge in [-0.1, -0.05) is 18.2 Å². The molecule has 0 saturated heterocycles. The van der Waals surface area contributed by atoms with Crippen LogP contribution in [0, 0.1) is 13.8 Å². The zero-order valence-corrected chi connectivity index (χ0v) is 14.0. The SMILES string of the molecule is Cc1ccc(C(=O)OC(C)C(=O)c2c(C)[nH]c3ccccc23)s1. The number of aryl methyl sites for hydroxylation is 2. The summed E-state index contributed by atoms with van der Waals surface area (Å²) in [7, 11) is 0. The van der Waals surface area contributed by atoms with Crippen molar-refractivity contribution in [1.29, 1.82) is 0 Å². The third-order valence-corrected chi connectivity index (χ3v) is 4.72. The zero-order valence-electron chi connectivity index (χ0n) is 13.2. The fraction of sp³-hybridized carbons (Fsp3) is 0.222. The molecule has 4 nitrogen and oxygen atoms in total. The molecule has 5 heteroatoms. The van der Waals surface area contributed by atoms with Gasteiger partial charge in [-0.05, 0) is 39.0 Å². The van der Waals surface area contributed by atoms with Gasteiger partial charge in [0.15, 0.2) is 6.10 Å². The number of H-pyrrole nitrogens is 1. The van der Waals surface area contributed by atoms with Gasteiger partial charge in [0, 0.05) is 27.0 Å². The second kappa shape index (κ2) is 6.01. The molecule has 0 spiro atoms. The lowest BCUT2D eigenvalue weighted by atomic mass is 10.0. The number of aromatic amines is 1. The van der Waals surface area contributed by atoms with Crippen LogP contribution in [0.3, 0.4) is 0 Å². The molecule has 0 fully saturated rings. The van der Waals surface area contributed by atoms with Crippen LogP contribution in [0.25, 0.3) is 10.9 Å². The minimum absolute atomic E-state index is 0.193. The first-order chi connectivity index (χ1) is 11.0. The third-order valence-electron chi connectivity index (χ3n) is 3.73. The summed E-state index contributed by atoms with van der Waals surface area (Å²) < 4.78 is 5.35. The van der Waals surface area contributed by atoms with Crippen molar-refractivity contribution in [3.63, 3.8) is 0 Å². The fourth-order valence-electron chi connectivity index (χ4n) is 2.61. The summed E-state index contributed by atoms with van der Waals surface area (Å²) in [6.07, 6.45) is -0.831. The number of hydrogen-bond donors (Lipinski definition) is 1. The first kappa shape index (κ1) is 15.5. The Kier molecular flexibility index (Phi) is 4.05. The number of carbonyl (C=O) groups excluding carboxylic acids is 2. The maximum Gasteiger partial charge on any atom is 0.349 e. The van der Waals surface area contributed by atoms with E-state index in [9.17, 15) is 9.59 Å². The van der Waals surface area contributed by atoms with Gasteiger partial charge in [0.05, 0.1) is 0 Å². The number of carbonyl (C=O) groups is 2. The van der Waals surface area contributed by atoms with Crippen molar-refractivity contribution >= 4 is 34.0 Å². The lowest BCUT2D eigenvalue weighted by Gasteiger charge is -2.12. The number of para-hydroxylation sites is 1. The molecule has 1 unspecified atom stereocenters. The summed E-state index contributed by atoms with van der Waals surface area (Å²) >= 11 is 1.36. The topological polar surface area (TPSA) is 59.2 Å². The highest BCUT2D eigenvalue weighted by Crippen LogP contribution is 2.24. The number of ketones is 1. The van der Waals surface area contributed by atoms with E-state index in [1.807, 2.05) is 44.2 Å². The summed E-state index contributed by atoms with van der Waals surface area (Å²) in [6.45, 7) is 5.39. The number of hydrogen-bond acceptors (Lipinski definition) is 4. The number of benzene rings is 1. The minimum atomic E-state index is -0.831. The Balaban J connectivity index is 1.84. The molecule has 0 bridgehead atoms. The van der Waals surface area contributed by atoms with Crippen molar-refractivity contribution in [3.8, 4) is 0 Å². The summed E-state index contributed by atoms with van der Waals surface area (Å²) in [5.74, 6) is -0.650. The number of nitrogens with one attached hydrogen (secondary N) is 1. The molecule has 1 N–H and O–H groups in total. The van der Waals surface area contributed by atoms with Crippen molar-refractivity contribution in [1.82, 2.24) is 4.98 Å². The molecule has 2 aromatic heterocycles. The zero-order chi connectivity index (χ0) is 16.6. The quantitative estimate of drug-likeness (QED) is 0.575. The van der Waals surface area contributed by atoms with E-state index in [4.69, 9.17) is 4.74 Å². The molecule has 3 aromatic rings. The van der Waals surface area contributed by atoms with Crippen molar-refractivity contribution < 1.29 is 14.3 Å². The molecular weight excluding hydrogens is 310 g/mol. The van der Waals surface area contributed by atoms with Crippen LogP contribution in [0.4, 0.5) is 0 Å². The van der Waals surface area contributed by atoms with Crippen LogP contribution >= 0.6 is 11.3 Å². The number of esters is 1. The number of rotatable bonds is 4. The maximum absolute atomic E-state index is 12.7. The molecular formula is C18H17NO3S. The van der Waals surface area contributed by atoms with E-state index >= 15 is 0 Å². The van der Waals surface area contributed by atoms with E-state index in [2.05, 4.69) is 4.98 Å². The molecule has 1 atom stereocenters. The Bertz CT molecular complexity index is 891.